The quantitative estimate of drug-likeness (QED) is 0.712. The minimum absolute atomic E-state index is 0. The van der Waals surface area contributed by atoms with Crippen molar-refractivity contribution >= 4 is 13.8 Å². The fourth-order valence-corrected chi connectivity index (χ4v) is 8.74. The molecule has 22 heavy (non-hydrogen) atoms. The van der Waals surface area contributed by atoms with Crippen LogP contribution >= 0.6 is 0 Å². The predicted octanol–water partition coefficient (Wildman–Crippen LogP) is 5.32. The third-order valence-electron chi connectivity index (χ3n) is 4.64. The molecule has 0 spiro atoms. The van der Waals surface area contributed by atoms with E-state index in [1.165, 1.54) is 22.3 Å². The molecule has 0 heterocycles. The molecule has 0 aromatic heterocycles. The van der Waals surface area contributed by atoms with E-state index in [9.17, 15) is 0 Å². The average molecular weight is 349 g/mol. The zero-order valence-electron chi connectivity index (χ0n) is 15.7. The van der Waals surface area contributed by atoms with E-state index in [4.69, 9.17) is 0 Å². The Labute approximate surface area is 152 Å². The number of aryl methyl sites for hydroxylation is 2. The SMILES string of the molecule is CC1=C(C)C([Si](C)(C)NC(C)(C)C)c2cc(C)cc(C)c21.[Ti]. The molecule has 0 aliphatic heterocycles. The first-order valence-electron chi connectivity index (χ1n) is 8.02. The Balaban J connectivity index is 0.00000242. The molecule has 0 radical (unpaired) electrons. The molecule has 0 fully saturated rings. The van der Waals surface area contributed by atoms with Gasteiger partial charge in [0.25, 0.3) is 0 Å². The molecule has 1 aliphatic carbocycles. The normalized spacial score (nSPS) is 18.3. The van der Waals surface area contributed by atoms with Gasteiger partial charge in [-0.15, -0.1) is 0 Å². The molecule has 1 atom stereocenters. The Morgan fingerprint density at radius 3 is 2.05 bits per heavy atom. The van der Waals surface area contributed by atoms with E-state index < -0.39 is 8.24 Å². The maximum Gasteiger partial charge on any atom is 0.131 e. The second kappa shape index (κ2) is 6.39. The van der Waals surface area contributed by atoms with Gasteiger partial charge in [-0.1, -0.05) is 36.4 Å². The van der Waals surface area contributed by atoms with E-state index in [-0.39, 0.29) is 27.3 Å². The minimum atomic E-state index is -1.62. The van der Waals surface area contributed by atoms with E-state index in [1.54, 1.807) is 11.1 Å². The van der Waals surface area contributed by atoms with E-state index in [2.05, 4.69) is 78.7 Å². The van der Waals surface area contributed by atoms with Gasteiger partial charge in [-0.05, 0) is 70.7 Å². The van der Waals surface area contributed by atoms with E-state index >= 15 is 0 Å². The second-order valence-corrected chi connectivity index (χ2v) is 12.7. The second-order valence-electron chi connectivity index (χ2n) is 8.38. The van der Waals surface area contributed by atoms with E-state index in [0.717, 1.165) is 0 Å². The summed E-state index contributed by atoms with van der Waals surface area (Å²) < 4.78 is 0. The third kappa shape index (κ3) is 3.67. The number of benzene rings is 1. The topological polar surface area (TPSA) is 12.0 Å². The van der Waals surface area contributed by atoms with Crippen LogP contribution in [0.15, 0.2) is 17.7 Å². The van der Waals surface area contributed by atoms with Gasteiger partial charge in [-0.3, -0.25) is 0 Å². The van der Waals surface area contributed by atoms with Gasteiger partial charge >= 0.3 is 0 Å². The molecule has 1 unspecified atom stereocenters. The van der Waals surface area contributed by atoms with Crippen LogP contribution in [0.2, 0.25) is 13.1 Å². The Kier molecular flexibility index (Phi) is 5.78. The van der Waals surface area contributed by atoms with Crippen LogP contribution in [-0.4, -0.2) is 13.8 Å². The summed E-state index contributed by atoms with van der Waals surface area (Å²) in [6.07, 6.45) is 0. The van der Waals surface area contributed by atoms with Crippen molar-refractivity contribution in [2.24, 2.45) is 0 Å². The van der Waals surface area contributed by atoms with Crippen LogP contribution in [0.5, 0.6) is 0 Å². The first-order valence-corrected chi connectivity index (χ1v) is 11.1. The summed E-state index contributed by atoms with van der Waals surface area (Å²) in [6.45, 7) is 20.9. The molecular weight excluding hydrogens is 318 g/mol. The number of hydrogen-bond donors (Lipinski definition) is 1. The van der Waals surface area contributed by atoms with Gasteiger partial charge in [-0.2, -0.15) is 0 Å². The fraction of sp³-hybridized carbons (Fsp3) is 0.579. The monoisotopic (exact) mass is 349 g/mol. The van der Waals surface area contributed by atoms with Crippen LogP contribution < -0.4 is 4.98 Å². The maximum atomic E-state index is 3.97. The van der Waals surface area contributed by atoms with Gasteiger partial charge in [-0.25, -0.2) is 0 Å². The molecule has 0 bridgehead atoms. The van der Waals surface area contributed by atoms with Crippen molar-refractivity contribution in [3.63, 3.8) is 0 Å². The van der Waals surface area contributed by atoms with Crippen molar-refractivity contribution < 1.29 is 21.7 Å². The number of allylic oxidation sites excluding steroid dienone is 2. The van der Waals surface area contributed by atoms with Gasteiger partial charge in [0, 0.05) is 32.8 Å². The molecule has 3 heteroatoms. The zero-order valence-corrected chi connectivity index (χ0v) is 18.3. The predicted molar refractivity (Wildman–Crippen MR) is 97.3 cm³/mol. The molecule has 120 valence electrons. The largest absolute Gasteiger partial charge is 0.332 e. The Morgan fingerprint density at radius 1 is 1.00 bits per heavy atom. The summed E-state index contributed by atoms with van der Waals surface area (Å²) in [6, 6.07) is 4.75. The number of rotatable bonds is 2. The standard InChI is InChI=1S/C19H31NSi.Ti/c1-12-10-13(2)17-14(3)15(4)18(16(17)11-12)21(8,9)20-19(5,6)7;/h10-11,18,20H,1-9H3;. The number of nitrogens with one attached hydrogen (secondary N) is 1. The van der Waals surface area contributed by atoms with Crippen LogP contribution in [0.1, 0.15) is 62.4 Å². The van der Waals surface area contributed by atoms with Crippen LogP contribution in [0.3, 0.4) is 0 Å². The molecule has 0 saturated carbocycles. The summed E-state index contributed by atoms with van der Waals surface area (Å²) in [7, 11) is -1.62. The van der Waals surface area contributed by atoms with E-state index in [1.807, 2.05) is 0 Å². The van der Waals surface area contributed by atoms with Crippen molar-refractivity contribution in [1.82, 2.24) is 4.98 Å². The Hall–Kier alpha value is -0.149. The van der Waals surface area contributed by atoms with Crippen LogP contribution in [0.25, 0.3) is 5.57 Å². The van der Waals surface area contributed by atoms with Crippen molar-refractivity contribution in [1.29, 1.82) is 0 Å². The zero-order chi connectivity index (χ0) is 16.2. The molecule has 1 N–H and O–H groups in total. The summed E-state index contributed by atoms with van der Waals surface area (Å²) in [5, 5.41) is 0. The smallest absolute Gasteiger partial charge is 0.131 e. The molecule has 1 aliphatic rings. The summed E-state index contributed by atoms with van der Waals surface area (Å²) in [4.78, 5) is 3.97. The first kappa shape index (κ1) is 19.9. The molecule has 1 aromatic rings. The fourth-order valence-electron chi connectivity index (χ4n) is 4.36. The van der Waals surface area contributed by atoms with Crippen molar-refractivity contribution in [3.05, 3.63) is 40.0 Å². The van der Waals surface area contributed by atoms with Gasteiger partial charge in [0.1, 0.15) is 8.24 Å². The van der Waals surface area contributed by atoms with Gasteiger partial charge in [0.15, 0.2) is 0 Å². The summed E-state index contributed by atoms with van der Waals surface area (Å²) in [5.41, 5.74) is 9.74. The molecule has 0 amide bonds. The Morgan fingerprint density at radius 2 is 1.55 bits per heavy atom. The minimum Gasteiger partial charge on any atom is -0.332 e. The van der Waals surface area contributed by atoms with Crippen LogP contribution in [0.4, 0.5) is 0 Å². The van der Waals surface area contributed by atoms with Crippen LogP contribution in [0, 0.1) is 13.8 Å². The molecular formula is C19H31NSiTi. The number of hydrogen-bond acceptors (Lipinski definition) is 1. The molecule has 2 rings (SSSR count). The molecule has 0 saturated heterocycles. The van der Waals surface area contributed by atoms with Gasteiger partial charge < -0.3 is 4.98 Å². The van der Waals surface area contributed by atoms with Crippen molar-refractivity contribution in [3.8, 4) is 0 Å². The van der Waals surface area contributed by atoms with Crippen molar-refractivity contribution in [2.45, 2.75) is 72.6 Å². The van der Waals surface area contributed by atoms with Gasteiger partial charge in [0.05, 0.1) is 0 Å². The van der Waals surface area contributed by atoms with Crippen molar-refractivity contribution in [2.75, 3.05) is 0 Å². The Bertz CT molecular complexity index is 609. The molecule has 1 aromatic carbocycles. The summed E-state index contributed by atoms with van der Waals surface area (Å²) >= 11 is 0. The van der Waals surface area contributed by atoms with E-state index in [0.29, 0.717) is 5.54 Å². The van der Waals surface area contributed by atoms with Gasteiger partial charge in [0.2, 0.25) is 0 Å². The first-order chi connectivity index (χ1) is 9.44. The summed E-state index contributed by atoms with van der Waals surface area (Å²) in [5.74, 6) is 0. The number of fused-ring (bicyclic) bond motifs is 1. The maximum absolute atomic E-state index is 3.97. The third-order valence-corrected chi connectivity index (χ3v) is 8.22. The van der Waals surface area contributed by atoms with Crippen LogP contribution in [-0.2, 0) is 21.7 Å². The average Bonchev–Trinajstić information content (AvgIpc) is 2.47. The molecule has 1 nitrogen and oxygen atoms in total.